The van der Waals surface area contributed by atoms with Crippen LogP contribution in [0.4, 0.5) is 13.2 Å². The minimum absolute atomic E-state index is 0.00388. The third kappa shape index (κ3) is 4.99. The molecule has 10 heteroatoms. The Morgan fingerprint density at radius 3 is 2.12 bits per heavy atom. The van der Waals surface area contributed by atoms with Crippen molar-refractivity contribution in [3.8, 4) is 0 Å². The van der Waals surface area contributed by atoms with E-state index in [-0.39, 0.29) is 13.2 Å². The molecule has 0 aromatic heterocycles. The van der Waals surface area contributed by atoms with Crippen molar-refractivity contribution in [1.29, 1.82) is 0 Å². The van der Waals surface area contributed by atoms with Gasteiger partial charge < -0.3 is 14.2 Å². The predicted molar refractivity (Wildman–Crippen MR) is 88.1 cm³/mol. The van der Waals surface area contributed by atoms with E-state index in [0.29, 0.717) is 17.8 Å². The lowest BCUT2D eigenvalue weighted by Gasteiger charge is -2.27. The number of ether oxygens (including phenoxy) is 3. The van der Waals surface area contributed by atoms with Crippen molar-refractivity contribution in [1.82, 2.24) is 0 Å². The molecule has 0 amide bonds. The number of nitrogens with two attached hydrogens (primary N) is 1. The van der Waals surface area contributed by atoms with Crippen molar-refractivity contribution >= 4 is 23.7 Å². The lowest BCUT2D eigenvalue weighted by molar-refractivity contribution is -0.146. The van der Waals surface area contributed by atoms with Crippen molar-refractivity contribution in [3.05, 3.63) is 46.1 Å². The summed E-state index contributed by atoms with van der Waals surface area (Å²) in [5.41, 5.74) is 4.87. The van der Waals surface area contributed by atoms with Gasteiger partial charge in [0.25, 0.3) is 0 Å². The van der Waals surface area contributed by atoms with Gasteiger partial charge in [-0.25, -0.2) is 22.8 Å². The summed E-state index contributed by atoms with van der Waals surface area (Å²) in [6.07, 6.45) is 0. The number of rotatable bonds is 8. The number of hydrogen-bond acceptors (Lipinski definition) is 7. The monoisotopic (exact) mass is 393 g/mol. The normalized spacial score (nSPS) is 12.9. The van der Waals surface area contributed by atoms with Crippen LogP contribution < -0.4 is 5.73 Å². The van der Waals surface area contributed by atoms with Crippen LogP contribution in [0.5, 0.6) is 0 Å². The predicted octanol–water partition coefficient (Wildman–Crippen LogP) is 2.56. The highest BCUT2D eigenvalue weighted by molar-refractivity contribution is 8.02. The molecule has 0 fully saturated rings. The number of esters is 2. The van der Waals surface area contributed by atoms with Crippen LogP contribution in [0.15, 0.2) is 23.1 Å². The molecule has 0 heterocycles. The highest BCUT2D eigenvalue weighted by Gasteiger charge is 2.34. The van der Waals surface area contributed by atoms with Crippen molar-refractivity contribution in [2.24, 2.45) is 5.73 Å². The lowest BCUT2D eigenvalue weighted by atomic mass is 10.1. The van der Waals surface area contributed by atoms with Crippen LogP contribution in [-0.2, 0) is 28.9 Å². The Bertz CT molecular complexity index is 693. The van der Waals surface area contributed by atoms with Crippen molar-refractivity contribution in [3.63, 3.8) is 0 Å². The lowest BCUT2D eigenvalue weighted by Crippen LogP contribution is -2.36. The molecule has 0 bridgehead atoms. The van der Waals surface area contributed by atoms with Gasteiger partial charge >= 0.3 is 11.9 Å². The van der Waals surface area contributed by atoms with Gasteiger partial charge in [-0.05, 0) is 31.4 Å². The molecule has 0 saturated heterocycles. The topological polar surface area (TPSA) is 87.9 Å². The maximum absolute atomic E-state index is 14.0. The molecule has 1 rings (SSSR count). The number of carbonyl (C=O) groups excluding carboxylic acids is 2. The van der Waals surface area contributed by atoms with Gasteiger partial charge in [0.05, 0.1) is 13.2 Å². The fourth-order valence-electron chi connectivity index (χ4n) is 1.76. The molecule has 1 aromatic rings. The van der Waals surface area contributed by atoms with Crippen LogP contribution in [0.1, 0.15) is 19.4 Å². The number of methoxy groups -OCH3 is 1. The fourth-order valence-corrected chi connectivity index (χ4v) is 2.63. The zero-order chi connectivity index (χ0) is 19.9. The maximum Gasteiger partial charge on any atom is 0.346 e. The van der Waals surface area contributed by atoms with Gasteiger partial charge in [-0.2, -0.15) is 0 Å². The van der Waals surface area contributed by atoms with E-state index in [1.165, 1.54) is 13.8 Å². The fraction of sp³-hybridized carbons (Fsp3) is 0.375. The first-order chi connectivity index (χ1) is 12.2. The minimum Gasteiger partial charge on any atom is -0.462 e. The first-order valence-corrected chi connectivity index (χ1v) is 8.29. The smallest absolute Gasteiger partial charge is 0.346 e. The molecular formula is C16H18F3NO5S. The van der Waals surface area contributed by atoms with E-state index in [1.54, 1.807) is 0 Å². The molecule has 1 aromatic carbocycles. The largest absolute Gasteiger partial charge is 0.462 e. The molecular weight excluding hydrogens is 375 g/mol. The maximum atomic E-state index is 14.0. The number of hydrogen-bond donors (Lipinski definition) is 1. The number of carbonyl (C=O) groups is 2. The van der Waals surface area contributed by atoms with Crippen LogP contribution >= 0.6 is 11.8 Å². The van der Waals surface area contributed by atoms with Crippen molar-refractivity contribution in [2.45, 2.75) is 18.9 Å². The van der Waals surface area contributed by atoms with E-state index in [1.807, 2.05) is 0 Å². The molecule has 0 aliphatic carbocycles. The summed E-state index contributed by atoms with van der Waals surface area (Å²) in [6.45, 7) is 3.06. The van der Waals surface area contributed by atoms with Crippen LogP contribution in [0.25, 0.3) is 0 Å². The summed E-state index contributed by atoms with van der Waals surface area (Å²) >= 11 is 0.485. The van der Waals surface area contributed by atoms with E-state index in [4.69, 9.17) is 19.9 Å². The van der Waals surface area contributed by atoms with Gasteiger partial charge in [0.1, 0.15) is 0 Å². The number of halogens is 3. The Kier molecular flexibility index (Phi) is 8.12. The molecule has 1 unspecified atom stereocenters. The van der Waals surface area contributed by atoms with Crippen LogP contribution in [0.2, 0.25) is 0 Å². The van der Waals surface area contributed by atoms with Gasteiger partial charge in [-0.1, -0.05) is 11.8 Å². The molecule has 6 nitrogen and oxygen atoms in total. The Morgan fingerprint density at radius 2 is 1.65 bits per heavy atom. The van der Waals surface area contributed by atoms with Gasteiger partial charge in [-0.3, -0.25) is 5.73 Å². The summed E-state index contributed by atoms with van der Waals surface area (Å²) in [6, 6.07) is 1.57. The first-order valence-electron chi connectivity index (χ1n) is 7.42. The first kappa shape index (κ1) is 22.0. The van der Waals surface area contributed by atoms with Crippen LogP contribution in [0, 0.1) is 17.5 Å². The van der Waals surface area contributed by atoms with Gasteiger partial charge in [-0.15, -0.1) is 0 Å². The molecule has 0 saturated carbocycles. The van der Waals surface area contributed by atoms with E-state index >= 15 is 0 Å². The average Bonchev–Trinajstić information content (AvgIpc) is 2.60. The Balaban J connectivity index is 3.27. The Labute approximate surface area is 152 Å². The Morgan fingerprint density at radius 1 is 1.12 bits per heavy atom. The molecule has 26 heavy (non-hydrogen) atoms. The standard InChI is InChI=1S/C16H18F3NO5S/c1-4-24-14(21)9(15(22)25-5-2)8-26-16(20,23-3)10-6-7-11(17)13(19)12(10)18/h6-8H,4-5,20H2,1-3H3. The summed E-state index contributed by atoms with van der Waals surface area (Å²) in [5, 5.41) is -1.09. The second-order valence-electron chi connectivity index (χ2n) is 4.68. The molecule has 144 valence electrons. The summed E-state index contributed by atoms with van der Waals surface area (Å²) in [4.78, 5) is 23.8. The highest BCUT2D eigenvalue weighted by atomic mass is 32.2. The SMILES string of the molecule is CCOC(=O)C(=CSC(N)(OC)c1ccc(F)c(F)c1F)C(=O)OCC. The summed E-state index contributed by atoms with van der Waals surface area (Å²) in [7, 11) is 1.09. The number of thioether (sulfide) groups is 1. The minimum atomic E-state index is -2.05. The number of benzene rings is 1. The van der Waals surface area contributed by atoms with E-state index in [2.05, 4.69) is 0 Å². The van der Waals surface area contributed by atoms with Crippen LogP contribution in [-0.4, -0.2) is 32.3 Å². The van der Waals surface area contributed by atoms with Gasteiger partial charge in [0, 0.05) is 12.7 Å². The second kappa shape index (κ2) is 9.60. The third-order valence-corrected chi connectivity index (χ3v) is 4.15. The van der Waals surface area contributed by atoms with Crippen LogP contribution in [0.3, 0.4) is 0 Å². The molecule has 0 aliphatic heterocycles. The van der Waals surface area contributed by atoms with Crippen molar-refractivity contribution < 1.29 is 37.0 Å². The molecule has 1 atom stereocenters. The van der Waals surface area contributed by atoms with E-state index in [9.17, 15) is 22.8 Å². The molecule has 2 N–H and O–H groups in total. The summed E-state index contributed by atoms with van der Waals surface area (Å²) < 4.78 is 55.1. The van der Waals surface area contributed by atoms with E-state index < -0.39 is 45.6 Å². The third-order valence-electron chi connectivity index (χ3n) is 3.06. The van der Waals surface area contributed by atoms with E-state index in [0.717, 1.165) is 18.6 Å². The van der Waals surface area contributed by atoms with Crippen molar-refractivity contribution in [2.75, 3.05) is 20.3 Å². The highest BCUT2D eigenvalue weighted by Crippen LogP contribution is 2.36. The average molecular weight is 393 g/mol. The zero-order valence-electron chi connectivity index (χ0n) is 14.3. The summed E-state index contributed by atoms with van der Waals surface area (Å²) in [5.74, 6) is -6.65. The molecule has 0 aliphatic rings. The molecule has 0 spiro atoms. The van der Waals surface area contributed by atoms with Gasteiger partial charge in [0.15, 0.2) is 28.1 Å². The second-order valence-corrected chi connectivity index (χ2v) is 5.76. The molecule has 0 radical (unpaired) electrons. The zero-order valence-corrected chi connectivity index (χ0v) is 15.1. The van der Waals surface area contributed by atoms with Gasteiger partial charge in [0.2, 0.25) is 0 Å². The quantitative estimate of drug-likeness (QED) is 0.181. The Hall–Kier alpha value is -2.04.